The first-order chi connectivity index (χ1) is 8.20. The SMILES string of the molecule is CC(CCN)c1ncc(C2CCN(C)CC2)[nH]1. The Hall–Kier alpha value is -0.870. The highest BCUT2D eigenvalue weighted by Crippen LogP contribution is 2.27. The number of likely N-dealkylation sites (tertiary alicyclic amines) is 1. The molecule has 1 aromatic heterocycles. The first-order valence-electron chi connectivity index (χ1n) is 6.64. The Morgan fingerprint density at radius 3 is 2.88 bits per heavy atom. The van der Waals surface area contributed by atoms with E-state index in [1.807, 2.05) is 6.20 Å². The molecule has 0 amide bonds. The summed E-state index contributed by atoms with van der Waals surface area (Å²) in [5.41, 5.74) is 6.90. The summed E-state index contributed by atoms with van der Waals surface area (Å²) >= 11 is 0. The number of aromatic amines is 1. The van der Waals surface area contributed by atoms with Crippen LogP contribution in [0.3, 0.4) is 0 Å². The lowest BCUT2D eigenvalue weighted by Crippen LogP contribution is -2.29. The summed E-state index contributed by atoms with van der Waals surface area (Å²) in [6.07, 6.45) is 5.51. The van der Waals surface area contributed by atoms with Gasteiger partial charge in [-0.3, -0.25) is 0 Å². The third-order valence-corrected chi connectivity index (χ3v) is 3.84. The quantitative estimate of drug-likeness (QED) is 0.836. The number of hydrogen-bond acceptors (Lipinski definition) is 3. The molecule has 1 aliphatic heterocycles. The Morgan fingerprint density at radius 2 is 2.24 bits per heavy atom. The normalized spacial score (nSPS) is 20.6. The number of nitrogens with zero attached hydrogens (tertiary/aromatic N) is 2. The van der Waals surface area contributed by atoms with Crippen molar-refractivity contribution in [2.75, 3.05) is 26.7 Å². The number of imidazole rings is 1. The van der Waals surface area contributed by atoms with E-state index in [0.29, 0.717) is 11.8 Å². The molecule has 96 valence electrons. The minimum Gasteiger partial charge on any atom is -0.345 e. The van der Waals surface area contributed by atoms with Crippen molar-refractivity contribution in [3.05, 3.63) is 17.7 Å². The third kappa shape index (κ3) is 3.07. The van der Waals surface area contributed by atoms with Crippen LogP contribution in [0.15, 0.2) is 6.20 Å². The summed E-state index contributed by atoms with van der Waals surface area (Å²) in [5, 5.41) is 0. The predicted molar refractivity (Wildman–Crippen MR) is 70.1 cm³/mol. The smallest absolute Gasteiger partial charge is 0.109 e. The van der Waals surface area contributed by atoms with Gasteiger partial charge in [-0.1, -0.05) is 6.92 Å². The molecule has 0 radical (unpaired) electrons. The number of rotatable bonds is 4. The molecule has 4 heteroatoms. The van der Waals surface area contributed by atoms with Gasteiger partial charge in [0.25, 0.3) is 0 Å². The van der Waals surface area contributed by atoms with Gasteiger partial charge in [0.15, 0.2) is 0 Å². The lowest BCUT2D eigenvalue weighted by Gasteiger charge is -2.28. The van der Waals surface area contributed by atoms with E-state index >= 15 is 0 Å². The van der Waals surface area contributed by atoms with Gasteiger partial charge in [-0.25, -0.2) is 4.98 Å². The second-order valence-electron chi connectivity index (χ2n) is 5.28. The lowest BCUT2D eigenvalue weighted by atomic mass is 9.94. The van der Waals surface area contributed by atoms with Gasteiger partial charge in [-0.2, -0.15) is 0 Å². The van der Waals surface area contributed by atoms with Gasteiger partial charge in [-0.15, -0.1) is 0 Å². The Balaban J connectivity index is 1.98. The minimum absolute atomic E-state index is 0.444. The van der Waals surface area contributed by atoms with Crippen LogP contribution in [0.4, 0.5) is 0 Å². The summed E-state index contributed by atoms with van der Waals surface area (Å²) in [5.74, 6) is 2.21. The molecule has 17 heavy (non-hydrogen) atoms. The van der Waals surface area contributed by atoms with E-state index in [2.05, 4.69) is 28.8 Å². The Bertz CT molecular complexity index is 339. The van der Waals surface area contributed by atoms with Crippen molar-refractivity contribution in [3.8, 4) is 0 Å². The molecule has 0 saturated carbocycles. The molecule has 0 aliphatic carbocycles. The number of nitrogens with two attached hydrogens (primary N) is 1. The standard InChI is InChI=1S/C13H24N4/c1-10(3-6-14)13-15-9-12(16-13)11-4-7-17(2)8-5-11/h9-11H,3-8,14H2,1-2H3,(H,15,16). The highest BCUT2D eigenvalue weighted by atomic mass is 15.1. The van der Waals surface area contributed by atoms with Gasteiger partial charge in [0, 0.05) is 23.7 Å². The molecule has 1 atom stereocenters. The summed E-state index contributed by atoms with van der Waals surface area (Å²) in [4.78, 5) is 10.4. The zero-order valence-corrected chi connectivity index (χ0v) is 10.9. The maximum absolute atomic E-state index is 5.58. The second kappa shape index (κ2) is 5.65. The molecule has 1 aliphatic rings. The van der Waals surface area contributed by atoms with Crippen LogP contribution in [0, 0.1) is 0 Å². The first-order valence-corrected chi connectivity index (χ1v) is 6.64. The van der Waals surface area contributed by atoms with Crippen LogP contribution in [0.25, 0.3) is 0 Å². The number of piperidine rings is 1. The van der Waals surface area contributed by atoms with E-state index in [4.69, 9.17) is 5.73 Å². The van der Waals surface area contributed by atoms with Crippen LogP contribution in [0.2, 0.25) is 0 Å². The average molecular weight is 236 g/mol. The van der Waals surface area contributed by atoms with E-state index in [0.717, 1.165) is 18.8 Å². The molecule has 1 unspecified atom stereocenters. The summed E-state index contributed by atoms with van der Waals surface area (Å²) in [6.45, 7) is 5.30. The maximum Gasteiger partial charge on any atom is 0.109 e. The molecule has 0 aromatic carbocycles. The highest BCUT2D eigenvalue weighted by Gasteiger charge is 2.20. The molecule has 1 saturated heterocycles. The molecule has 2 heterocycles. The van der Waals surface area contributed by atoms with Crippen molar-refractivity contribution in [1.82, 2.24) is 14.9 Å². The molecule has 4 nitrogen and oxygen atoms in total. The molecule has 1 fully saturated rings. The Labute approximate surface area is 104 Å². The van der Waals surface area contributed by atoms with Crippen molar-refractivity contribution in [2.45, 2.75) is 38.0 Å². The van der Waals surface area contributed by atoms with Crippen LogP contribution < -0.4 is 5.73 Å². The van der Waals surface area contributed by atoms with Crippen LogP contribution in [0.1, 0.15) is 49.5 Å². The fourth-order valence-corrected chi connectivity index (χ4v) is 2.52. The summed E-state index contributed by atoms with van der Waals surface area (Å²) in [6, 6.07) is 0. The van der Waals surface area contributed by atoms with Crippen molar-refractivity contribution in [2.24, 2.45) is 5.73 Å². The van der Waals surface area contributed by atoms with Gasteiger partial charge in [0.05, 0.1) is 0 Å². The molecule has 1 aromatic rings. The number of aromatic nitrogens is 2. The third-order valence-electron chi connectivity index (χ3n) is 3.84. The van der Waals surface area contributed by atoms with E-state index in [1.165, 1.54) is 31.6 Å². The first kappa shape index (κ1) is 12.6. The van der Waals surface area contributed by atoms with Crippen LogP contribution in [-0.2, 0) is 0 Å². The minimum atomic E-state index is 0.444. The fraction of sp³-hybridized carbons (Fsp3) is 0.769. The predicted octanol–water partition coefficient (Wildman–Crippen LogP) is 1.67. The van der Waals surface area contributed by atoms with Crippen molar-refractivity contribution in [1.29, 1.82) is 0 Å². The highest BCUT2D eigenvalue weighted by molar-refractivity contribution is 5.11. The topological polar surface area (TPSA) is 57.9 Å². The second-order valence-corrected chi connectivity index (χ2v) is 5.28. The number of hydrogen-bond donors (Lipinski definition) is 2. The van der Waals surface area contributed by atoms with Gasteiger partial charge in [0.1, 0.15) is 5.82 Å². The van der Waals surface area contributed by atoms with E-state index in [1.54, 1.807) is 0 Å². The molecular weight excluding hydrogens is 212 g/mol. The maximum atomic E-state index is 5.58. The number of nitrogens with one attached hydrogen (secondary N) is 1. The zero-order chi connectivity index (χ0) is 12.3. The molecular formula is C13H24N4. The summed E-state index contributed by atoms with van der Waals surface area (Å²) in [7, 11) is 2.19. The van der Waals surface area contributed by atoms with Crippen molar-refractivity contribution >= 4 is 0 Å². The largest absolute Gasteiger partial charge is 0.345 e. The van der Waals surface area contributed by atoms with E-state index in [-0.39, 0.29) is 0 Å². The fourth-order valence-electron chi connectivity index (χ4n) is 2.52. The lowest BCUT2D eigenvalue weighted by molar-refractivity contribution is 0.253. The number of H-pyrrole nitrogens is 1. The van der Waals surface area contributed by atoms with Gasteiger partial charge in [-0.05, 0) is 45.9 Å². The van der Waals surface area contributed by atoms with Gasteiger partial charge in [0.2, 0.25) is 0 Å². The Morgan fingerprint density at radius 1 is 1.53 bits per heavy atom. The van der Waals surface area contributed by atoms with Gasteiger partial charge >= 0.3 is 0 Å². The monoisotopic (exact) mass is 236 g/mol. The molecule has 0 bridgehead atoms. The molecule has 0 spiro atoms. The summed E-state index contributed by atoms with van der Waals surface area (Å²) < 4.78 is 0. The van der Waals surface area contributed by atoms with E-state index in [9.17, 15) is 0 Å². The molecule has 3 N–H and O–H groups in total. The molecule has 2 rings (SSSR count). The van der Waals surface area contributed by atoms with Crippen molar-refractivity contribution < 1.29 is 0 Å². The average Bonchev–Trinajstić information content (AvgIpc) is 2.80. The zero-order valence-electron chi connectivity index (χ0n) is 10.9. The van der Waals surface area contributed by atoms with E-state index < -0.39 is 0 Å². The van der Waals surface area contributed by atoms with Crippen LogP contribution in [-0.4, -0.2) is 41.5 Å². The van der Waals surface area contributed by atoms with Gasteiger partial charge < -0.3 is 15.6 Å². The van der Waals surface area contributed by atoms with Crippen LogP contribution >= 0.6 is 0 Å². The van der Waals surface area contributed by atoms with Crippen LogP contribution in [0.5, 0.6) is 0 Å². The Kier molecular flexibility index (Phi) is 4.18. The van der Waals surface area contributed by atoms with Crippen molar-refractivity contribution in [3.63, 3.8) is 0 Å².